The van der Waals surface area contributed by atoms with Crippen molar-refractivity contribution >= 4 is 33.2 Å². The average molecular weight is 342 g/mol. The Morgan fingerprint density at radius 2 is 2.16 bits per heavy atom. The van der Waals surface area contributed by atoms with E-state index in [0.717, 1.165) is 14.9 Å². The maximum absolute atomic E-state index is 13.2. The van der Waals surface area contributed by atoms with Crippen LogP contribution in [0.25, 0.3) is 0 Å². The minimum atomic E-state index is -0.388. The van der Waals surface area contributed by atoms with Crippen molar-refractivity contribution in [2.45, 2.75) is 13.5 Å². The molecule has 0 atom stereocenters. The van der Waals surface area contributed by atoms with E-state index in [1.165, 1.54) is 12.1 Å². The summed E-state index contributed by atoms with van der Waals surface area (Å²) >= 11 is 4.97. The van der Waals surface area contributed by atoms with Gasteiger partial charge in [0.05, 0.1) is 6.54 Å². The Labute approximate surface area is 124 Å². The third-order valence-corrected chi connectivity index (χ3v) is 4.47. The maximum atomic E-state index is 13.2. The van der Waals surface area contributed by atoms with E-state index in [2.05, 4.69) is 15.9 Å². The summed E-state index contributed by atoms with van der Waals surface area (Å²) in [5, 5.41) is 1.97. The van der Waals surface area contributed by atoms with E-state index in [-0.39, 0.29) is 11.7 Å². The molecule has 0 saturated heterocycles. The third-order valence-electron chi connectivity index (χ3n) is 2.79. The number of hydrogen-bond acceptors (Lipinski definition) is 2. The Hall–Kier alpha value is -1.20. The molecule has 0 unspecified atom stereocenters. The van der Waals surface area contributed by atoms with Gasteiger partial charge in [0.1, 0.15) is 5.82 Å². The lowest BCUT2D eigenvalue weighted by Crippen LogP contribution is -2.26. The zero-order chi connectivity index (χ0) is 14.0. The van der Waals surface area contributed by atoms with Crippen LogP contribution in [0.2, 0.25) is 0 Å². The van der Waals surface area contributed by atoms with Gasteiger partial charge in [-0.1, -0.05) is 6.07 Å². The van der Waals surface area contributed by atoms with Crippen molar-refractivity contribution in [3.63, 3.8) is 0 Å². The first-order valence-corrected chi connectivity index (χ1v) is 7.39. The van der Waals surface area contributed by atoms with Gasteiger partial charge in [-0.05, 0) is 46.6 Å². The Morgan fingerprint density at radius 1 is 1.42 bits per heavy atom. The van der Waals surface area contributed by atoms with E-state index in [9.17, 15) is 9.18 Å². The van der Waals surface area contributed by atoms with Crippen molar-refractivity contribution in [1.29, 1.82) is 0 Å². The molecule has 100 valence electrons. The summed E-state index contributed by atoms with van der Waals surface area (Å²) in [7, 11) is 1.72. The number of halogens is 2. The number of carbonyl (C=O) groups is 1. The van der Waals surface area contributed by atoms with Gasteiger partial charge in [0.25, 0.3) is 5.91 Å². The first kappa shape index (κ1) is 14.2. The summed E-state index contributed by atoms with van der Waals surface area (Å²) in [6.45, 7) is 2.33. The predicted octanol–water partition coefficient (Wildman–Crippen LogP) is 4.23. The van der Waals surface area contributed by atoms with E-state index in [0.29, 0.717) is 12.1 Å². The van der Waals surface area contributed by atoms with Crippen LogP contribution in [-0.4, -0.2) is 17.9 Å². The zero-order valence-corrected chi connectivity index (χ0v) is 13.0. The third kappa shape index (κ3) is 3.42. The van der Waals surface area contributed by atoms with Crippen LogP contribution in [0.3, 0.4) is 0 Å². The molecule has 0 radical (unpaired) electrons. The van der Waals surface area contributed by atoms with Crippen molar-refractivity contribution in [3.8, 4) is 0 Å². The van der Waals surface area contributed by atoms with Gasteiger partial charge in [0.15, 0.2) is 0 Å². The molecule has 1 aromatic heterocycles. The standard InChI is InChI=1S/C14H13BrFNOS/c1-9-3-4-11(16)6-13(9)14(18)17(2)7-12-5-10(15)8-19-12/h3-6,8H,7H2,1-2H3. The predicted molar refractivity (Wildman–Crippen MR) is 79.0 cm³/mol. The highest BCUT2D eigenvalue weighted by molar-refractivity contribution is 9.10. The summed E-state index contributed by atoms with van der Waals surface area (Å²) in [4.78, 5) is 15.0. The van der Waals surface area contributed by atoms with Gasteiger partial charge in [-0.15, -0.1) is 11.3 Å². The molecule has 5 heteroatoms. The number of nitrogens with zero attached hydrogens (tertiary/aromatic N) is 1. The minimum Gasteiger partial charge on any atom is -0.337 e. The second-order valence-electron chi connectivity index (χ2n) is 4.35. The smallest absolute Gasteiger partial charge is 0.254 e. The quantitative estimate of drug-likeness (QED) is 0.817. The lowest BCUT2D eigenvalue weighted by atomic mass is 10.1. The molecule has 0 aliphatic rings. The molecule has 1 aromatic carbocycles. The molecule has 0 fully saturated rings. The van der Waals surface area contributed by atoms with Crippen LogP contribution >= 0.6 is 27.3 Å². The van der Waals surface area contributed by atoms with Gasteiger partial charge in [0, 0.05) is 27.3 Å². The van der Waals surface area contributed by atoms with Crippen molar-refractivity contribution in [3.05, 3.63) is 55.9 Å². The number of thiophene rings is 1. The van der Waals surface area contributed by atoms with E-state index < -0.39 is 0 Å². The summed E-state index contributed by atoms with van der Waals surface area (Å²) in [5.41, 5.74) is 1.20. The normalized spacial score (nSPS) is 10.5. The molecule has 0 aliphatic heterocycles. The molecule has 0 saturated carbocycles. The van der Waals surface area contributed by atoms with Crippen LogP contribution in [0.1, 0.15) is 20.8 Å². The van der Waals surface area contributed by atoms with Gasteiger partial charge < -0.3 is 4.90 Å². The maximum Gasteiger partial charge on any atom is 0.254 e. The van der Waals surface area contributed by atoms with E-state index >= 15 is 0 Å². The van der Waals surface area contributed by atoms with E-state index in [1.807, 2.05) is 18.4 Å². The lowest BCUT2D eigenvalue weighted by molar-refractivity contribution is 0.0785. The highest BCUT2D eigenvalue weighted by atomic mass is 79.9. The Bertz CT molecular complexity index is 611. The number of aryl methyl sites for hydroxylation is 1. The fraction of sp³-hybridized carbons (Fsp3) is 0.214. The first-order valence-electron chi connectivity index (χ1n) is 5.72. The van der Waals surface area contributed by atoms with Gasteiger partial charge >= 0.3 is 0 Å². The number of carbonyl (C=O) groups excluding carboxylic acids is 1. The zero-order valence-electron chi connectivity index (χ0n) is 10.6. The SMILES string of the molecule is Cc1ccc(F)cc1C(=O)N(C)Cc1cc(Br)cs1. The van der Waals surface area contributed by atoms with Crippen LogP contribution in [-0.2, 0) is 6.54 Å². The van der Waals surface area contributed by atoms with Crippen LogP contribution in [0.5, 0.6) is 0 Å². The first-order chi connectivity index (χ1) is 8.97. The highest BCUT2D eigenvalue weighted by Gasteiger charge is 2.15. The van der Waals surface area contributed by atoms with Gasteiger partial charge in [-0.25, -0.2) is 4.39 Å². The number of amides is 1. The molecule has 0 spiro atoms. The van der Waals surface area contributed by atoms with E-state index in [4.69, 9.17) is 0 Å². The number of rotatable bonds is 3. The molecular weight excluding hydrogens is 329 g/mol. The van der Waals surface area contributed by atoms with Crippen LogP contribution in [0, 0.1) is 12.7 Å². The molecule has 0 bridgehead atoms. The van der Waals surface area contributed by atoms with Gasteiger partial charge in [0.2, 0.25) is 0 Å². The topological polar surface area (TPSA) is 20.3 Å². The molecule has 2 aromatic rings. The Balaban J connectivity index is 2.16. The summed E-state index contributed by atoms with van der Waals surface area (Å²) in [5.74, 6) is -0.553. The van der Waals surface area contributed by atoms with Crippen molar-refractivity contribution in [2.24, 2.45) is 0 Å². The molecule has 1 heterocycles. The molecular formula is C14H13BrFNOS. The monoisotopic (exact) mass is 341 g/mol. The van der Waals surface area contributed by atoms with E-state index in [1.54, 1.807) is 29.4 Å². The second kappa shape index (κ2) is 5.84. The van der Waals surface area contributed by atoms with Gasteiger partial charge in [-0.2, -0.15) is 0 Å². The number of benzene rings is 1. The fourth-order valence-corrected chi connectivity index (χ4v) is 3.28. The second-order valence-corrected chi connectivity index (χ2v) is 6.26. The average Bonchev–Trinajstić information content (AvgIpc) is 2.77. The Kier molecular flexibility index (Phi) is 4.37. The van der Waals surface area contributed by atoms with Crippen molar-refractivity contribution < 1.29 is 9.18 Å². The lowest BCUT2D eigenvalue weighted by Gasteiger charge is -2.17. The van der Waals surface area contributed by atoms with Crippen LogP contribution in [0.4, 0.5) is 4.39 Å². The molecule has 0 aliphatic carbocycles. The van der Waals surface area contributed by atoms with Crippen LogP contribution in [0.15, 0.2) is 34.1 Å². The summed E-state index contributed by atoms with van der Waals surface area (Å²) in [6.07, 6.45) is 0. The van der Waals surface area contributed by atoms with Gasteiger partial charge in [-0.3, -0.25) is 4.79 Å². The number of hydrogen-bond donors (Lipinski definition) is 0. The minimum absolute atomic E-state index is 0.165. The van der Waals surface area contributed by atoms with Crippen LogP contribution < -0.4 is 0 Å². The molecule has 2 rings (SSSR count). The Morgan fingerprint density at radius 3 is 2.79 bits per heavy atom. The van der Waals surface area contributed by atoms with Crippen molar-refractivity contribution in [2.75, 3.05) is 7.05 Å². The fourth-order valence-electron chi connectivity index (χ4n) is 1.77. The summed E-state index contributed by atoms with van der Waals surface area (Å²) < 4.78 is 14.2. The summed E-state index contributed by atoms with van der Waals surface area (Å²) in [6, 6.07) is 6.26. The largest absolute Gasteiger partial charge is 0.337 e. The highest BCUT2D eigenvalue weighted by Crippen LogP contribution is 2.22. The molecule has 1 amide bonds. The molecule has 0 N–H and O–H groups in total. The molecule has 2 nitrogen and oxygen atoms in total. The molecule has 19 heavy (non-hydrogen) atoms. The van der Waals surface area contributed by atoms with Crippen molar-refractivity contribution in [1.82, 2.24) is 4.90 Å².